The zero-order chi connectivity index (χ0) is 33.8. The second-order valence-corrected chi connectivity index (χ2v) is 11.9. The molecule has 2 aliphatic heterocycles. The lowest BCUT2D eigenvalue weighted by Crippen LogP contribution is -2.19. The molecule has 7 rings (SSSR count). The zero-order valence-electron chi connectivity index (χ0n) is 25.4. The van der Waals surface area contributed by atoms with E-state index in [1.54, 1.807) is 41.5 Å². The number of allylic oxidation sites excluding steroid dienone is 1. The van der Waals surface area contributed by atoms with Crippen LogP contribution in [0.4, 0.5) is 8.78 Å². The van der Waals surface area contributed by atoms with Crippen LogP contribution in [0.15, 0.2) is 78.2 Å². The van der Waals surface area contributed by atoms with Crippen LogP contribution in [0.1, 0.15) is 55.0 Å². The van der Waals surface area contributed by atoms with E-state index in [4.69, 9.17) is 24.6 Å². The highest BCUT2D eigenvalue weighted by Crippen LogP contribution is 2.27. The Kier molecular flexibility index (Phi) is 12.1. The van der Waals surface area contributed by atoms with E-state index in [2.05, 4.69) is 15.3 Å². The minimum atomic E-state index is -4.02. The van der Waals surface area contributed by atoms with Crippen molar-refractivity contribution in [1.82, 2.24) is 20.0 Å². The van der Waals surface area contributed by atoms with E-state index in [9.17, 15) is 17.2 Å². The van der Waals surface area contributed by atoms with E-state index < -0.39 is 21.8 Å². The second kappa shape index (κ2) is 16.4. The van der Waals surface area contributed by atoms with Gasteiger partial charge in [0.15, 0.2) is 6.23 Å². The second-order valence-electron chi connectivity index (χ2n) is 10.5. The predicted octanol–water partition coefficient (Wildman–Crippen LogP) is 6.87. The Balaban J connectivity index is 0.000000151. The summed E-state index contributed by atoms with van der Waals surface area (Å²) in [6, 6.07) is 15.2. The van der Waals surface area contributed by atoms with Crippen molar-refractivity contribution in [3.63, 3.8) is 0 Å². The topological polar surface area (TPSA) is 167 Å². The SMILES string of the molecule is C1=COCCC1.Cc1ccc(S(=O)(=O)O)cc1.N#Cc1cc2cn[nH]c2cc1F.N#Cc1cc2cnn(C3CCCCO3)c2cc1F. The molecular weight excluding hydrogens is 630 g/mol. The zero-order valence-corrected chi connectivity index (χ0v) is 26.3. The van der Waals surface area contributed by atoms with Gasteiger partial charge in [0, 0.05) is 29.5 Å². The van der Waals surface area contributed by atoms with E-state index in [-0.39, 0.29) is 22.3 Å². The molecule has 11 nitrogen and oxygen atoms in total. The quantitative estimate of drug-likeness (QED) is 0.192. The van der Waals surface area contributed by atoms with Crippen molar-refractivity contribution < 1.29 is 31.2 Å². The molecular formula is C33H32F2N6O5S. The number of nitrogens with one attached hydrogen (secondary N) is 1. The Morgan fingerprint density at radius 3 is 2.21 bits per heavy atom. The van der Waals surface area contributed by atoms with Gasteiger partial charge in [-0.25, -0.2) is 13.5 Å². The highest BCUT2D eigenvalue weighted by Gasteiger charge is 2.19. The third kappa shape index (κ3) is 9.67. The Bertz CT molecular complexity index is 2010. The minimum absolute atomic E-state index is 0.0453. The van der Waals surface area contributed by atoms with Gasteiger partial charge in [-0.05, 0) is 69.4 Å². The molecule has 0 spiro atoms. The highest BCUT2D eigenvalue weighted by molar-refractivity contribution is 7.85. The number of aryl methyl sites for hydroxylation is 1. The van der Waals surface area contributed by atoms with Crippen LogP contribution in [0, 0.1) is 41.2 Å². The van der Waals surface area contributed by atoms with Gasteiger partial charge in [-0.3, -0.25) is 9.65 Å². The van der Waals surface area contributed by atoms with Gasteiger partial charge in [-0.2, -0.15) is 29.1 Å². The first-order chi connectivity index (χ1) is 22.6. The summed E-state index contributed by atoms with van der Waals surface area (Å²) in [5.41, 5.74) is 2.33. The molecule has 3 aromatic carbocycles. The fraction of sp³-hybridized carbons (Fsp3) is 0.273. The van der Waals surface area contributed by atoms with Crippen LogP contribution in [0.5, 0.6) is 0 Å². The Morgan fingerprint density at radius 2 is 1.66 bits per heavy atom. The average molecular weight is 663 g/mol. The van der Waals surface area contributed by atoms with Gasteiger partial charge in [0.2, 0.25) is 0 Å². The molecule has 0 saturated carbocycles. The van der Waals surface area contributed by atoms with Crippen molar-refractivity contribution in [1.29, 1.82) is 10.5 Å². The standard InChI is InChI=1S/C13H12FN3O.C8H4FN3.C7H8O3S.C5H8O/c14-11-6-12-10(5-9(11)7-15)8-16-17(12)13-3-1-2-4-18-13;9-7-2-8-6(4-11-12-8)1-5(7)3-10;1-6-2-4-7(5-3-6)11(8,9)10;1-2-4-6-5-3-1/h5-6,8,13H,1-4H2;1-2,4H,(H,11,12);2-5H,1H3,(H,8,9,10);2,4H,1,3,5H2. The van der Waals surface area contributed by atoms with Crippen LogP contribution in [-0.4, -0.2) is 46.2 Å². The molecule has 14 heteroatoms. The lowest BCUT2D eigenvalue weighted by Gasteiger charge is -2.23. The van der Waals surface area contributed by atoms with Crippen LogP contribution < -0.4 is 0 Å². The van der Waals surface area contributed by atoms with Gasteiger partial charge in [-0.15, -0.1) is 0 Å². The molecule has 0 bridgehead atoms. The monoisotopic (exact) mass is 662 g/mol. The molecule has 1 unspecified atom stereocenters. The molecule has 1 fully saturated rings. The summed E-state index contributed by atoms with van der Waals surface area (Å²) >= 11 is 0. The number of hydrogen-bond acceptors (Lipinski definition) is 8. The van der Waals surface area contributed by atoms with Gasteiger partial charge < -0.3 is 9.47 Å². The number of halogens is 2. The molecule has 0 radical (unpaired) electrons. The number of rotatable bonds is 2. The van der Waals surface area contributed by atoms with Crippen molar-refractivity contribution in [2.24, 2.45) is 0 Å². The molecule has 1 atom stereocenters. The number of H-pyrrole nitrogens is 1. The van der Waals surface area contributed by atoms with Gasteiger partial charge in [0.1, 0.15) is 23.8 Å². The van der Waals surface area contributed by atoms with E-state index in [0.717, 1.165) is 42.2 Å². The molecule has 2 N–H and O–H groups in total. The van der Waals surface area contributed by atoms with E-state index in [0.29, 0.717) is 17.6 Å². The van der Waals surface area contributed by atoms with E-state index in [1.165, 1.54) is 49.2 Å². The highest BCUT2D eigenvalue weighted by atomic mass is 32.2. The lowest BCUT2D eigenvalue weighted by atomic mass is 10.1. The fourth-order valence-corrected chi connectivity index (χ4v) is 5.03. The summed E-state index contributed by atoms with van der Waals surface area (Å²) < 4.78 is 68.4. The molecule has 47 heavy (non-hydrogen) atoms. The first-order valence-electron chi connectivity index (χ1n) is 14.6. The molecule has 1 saturated heterocycles. The number of aromatic amines is 1. The molecule has 0 aliphatic carbocycles. The molecule has 5 aromatic rings. The number of aromatic nitrogens is 4. The van der Waals surface area contributed by atoms with Crippen molar-refractivity contribution in [3.8, 4) is 12.1 Å². The smallest absolute Gasteiger partial charge is 0.294 e. The Labute approximate surface area is 270 Å². The number of ether oxygens (including phenoxy) is 2. The minimum Gasteiger partial charge on any atom is -0.502 e. The Morgan fingerprint density at radius 1 is 0.957 bits per heavy atom. The van der Waals surface area contributed by atoms with Crippen molar-refractivity contribution in [2.75, 3.05) is 13.2 Å². The third-order valence-electron chi connectivity index (χ3n) is 7.03. The fourth-order valence-electron chi connectivity index (χ4n) is 4.55. The van der Waals surface area contributed by atoms with Gasteiger partial charge in [-0.1, -0.05) is 17.7 Å². The maximum atomic E-state index is 13.6. The summed E-state index contributed by atoms with van der Waals surface area (Å²) in [6.45, 7) is 3.47. The number of nitrogens with zero attached hydrogens (tertiary/aromatic N) is 5. The molecule has 2 aliphatic rings. The summed E-state index contributed by atoms with van der Waals surface area (Å²) in [6.07, 6.45) is 12.3. The van der Waals surface area contributed by atoms with E-state index >= 15 is 0 Å². The number of benzene rings is 3. The first kappa shape index (κ1) is 34.7. The first-order valence-corrected chi connectivity index (χ1v) is 16.1. The third-order valence-corrected chi connectivity index (χ3v) is 7.89. The van der Waals surface area contributed by atoms with Crippen LogP contribution in [0.2, 0.25) is 0 Å². The largest absolute Gasteiger partial charge is 0.502 e. The van der Waals surface area contributed by atoms with Crippen molar-refractivity contribution in [2.45, 2.75) is 50.2 Å². The van der Waals surface area contributed by atoms with Gasteiger partial charge in [0.25, 0.3) is 10.1 Å². The molecule has 244 valence electrons. The summed E-state index contributed by atoms with van der Waals surface area (Å²) in [5.74, 6) is -1.03. The molecule has 0 amide bonds. The predicted molar refractivity (Wildman–Crippen MR) is 169 cm³/mol. The lowest BCUT2D eigenvalue weighted by molar-refractivity contribution is -0.0366. The van der Waals surface area contributed by atoms with Crippen molar-refractivity contribution in [3.05, 3.63) is 102 Å². The number of fused-ring (bicyclic) bond motifs is 2. The number of hydrogen-bond donors (Lipinski definition) is 2. The summed E-state index contributed by atoms with van der Waals surface area (Å²) in [7, 11) is -4.02. The van der Waals surface area contributed by atoms with Crippen LogP contribution >= 0.6 is 0 Å². The van der Waals surface area contributed by atoms with Crippen LogP contribution in [0.25, 0.3) is 21.8 Å². The molecule has 2 aromatic heterocycles. The maximum absolute atomic E-state index is 13.6. The Hall–Kier alpha value is -5.15. The maximum Gasteiger partial charge on any atom is 0.294 e. The number of nitriles is 2. The average Bonchev–Trinajstić information content (AvgIpc) is 3.72. The molecule has 4 heterocycles. The van der Waals surface area contributed by atoms with E-state index in [1.807, 2.05) is 19.1 Å². The van der Waals surface area contributed by atoms with Crippen molar-refractivity contribution >= 4 is 31.9 Å². The van der Waals surface area contributed by atoms with Crippen LogP contribution in [0.3, 0.4) is 0 Å². The van der Waals surface area contributed by atoms with Gasteiger partial charge in [0.05, 0.1) is 52.3 Å². The summed E-state index contributed by atoms with van der Waals surface area (Å²) in [5, 5.41) is 29.4. The van der Waals surface area contributed by atoms with Gasteiger partial charge >= 0.3 is 0 Å². The normalized spacial score (nSPS) is 15.4. The van der Waals surface area contributed by atoms with Crippen LogP contribution in [-0.2, 0) is 19.6 Å². The summed E-state index contributed by atoms with van der Waals surface area (Å²) in [4.78, 5) is -0.0666.